The van der Waals surface area contributed by atoms with E-state index in [0.717, 1.165) is 25.7 Å². The Morgan fingerprint density at radius 3 is 1.86 bits per heavy atom. The minimum absolute atomic E-state index is 0. The van der Waals surface area contributed by atoms with E-state index in [0.29, 0.717) is 0 Å². The summed E-state index contributed by atoms with van der Waals surface area (Å²) >= 11 is 0. The van der Waals surface area contributed by atoms with Crippen molar-refractivity contribution in [1.29, 1.82) is 0 Å². The van der Waals surface area contributed by atoms with Crippen molar-refractivity contribution in [3.05, 3.63) is 57.6 Å². The second-order valence-electron chi connectivity index (χ2n) is 6.02. The Morgan fingerprint density at radius 2 is 1.27 bits per heavy atom. The van der Waals surface area contributed by atoms with E-state index in [1.165, 1.54) is 17.5 Å². The fraction of sp³-hybridized carbons (Fsp3) is 0.455. The summed E-state index contributed by atoms with van der Waals surface area (Å²) < 4.78 is 0. The van der Waals surface area contributed by atoms with Crippen molar-refractivity contribution >= 4 is 0 Å². The highest BCUT2D eigenvalue weighted by molar-refractivity contribution is 5.82. The van der Waals surface area contributed by atoms with Gasteiger partial charge in [0.1, 0.15) is 0 Å². The Bertz CT molecular complexity index is 677. The number of rotatable bonds is 4. The lowest BCUT2D eigenvalue weighted by molar-refractivity contribution is 0.932. The quantitative estimate of drug-likeness (QED) is 0.542. The molecular weight excluding hydrogens is 264 g/mol. The summed E-state index contributed by atoms with van der Waals surface area (Å²) in [6, 6.07) is 9.01. The molecule has 1 aliphatic carbocycles. The number of hydrogen-bond donors (Lipinski definition) is 0. The summed E-state index contributed by atoms with van der Waals surface area (Å²) in [5.41, 5.74) is 12.8. The van der Waals surface area contributed by atoms with Gasteiger partial charge in [0.05, 0.1) is 0 Å². The average molecular weight is 294 g/mol. The van der Waals surface area contributed by atoms with E-state index in [1.807, 2.05) is 0 Å². The molecule has 0 aliphatic heterocycles. The van der Waals surface area contributed by atoms with Gasteiger partial charge in [-0.25, -0.2) is 0 Å². The molecule has 0 atom stereocenters. The van der Waals surface area contributed by atoms with Gasteiger partial charge in [0, 0.05) is 0 Å². The molecule has 0 N–H and O–H groups in total. The lowest BCUT2D eigenvalue weighted by Crippen LogP contribution is -2.07. The monoisotopic (exact) mass is 294 g/mol. The predicted molar refractivity (Wildman–Crippen MR) is 98.9 cm³/mol. The Kier molecular flexibility index (Phi) is 5.11. The molecular formula is C22H30. The van der Waals surface area contributed by atoms with E-state index in [9.17, 15) is 0 Å². The van der Waals surface area contributed by atoms with Crippen LogP contribution in [0.15, 0.2) is 24.3 Å². The van der Waals surface area contributed by atoms with E-state index >= 15 is 0 Å². The second kappa shape index (κ2) is 6.69. The zero-order chi connectivity index (χ0) is 15.0. The first kappa shape index (κ1) is 16.8. The summed E-state index contributed by atoms with van der Waals surface area (Å²) in [5, 5.41) is 0. The highest BCUT2D eigenvalue weighted by Crippen LogP contribution is 2.44. The van der Waals surface area contributed by atoms with Gasteiger partial charge in [-0.15, -0.1) is 0 Å². The van der Waals surface area contributed by atoms with Gasteiger partial charge in [0.25, 0.3) is 0 Å². The maximum atomic E-state index is 2.32. The van der Waals surface area contributed by atoms with Gasteiger partial charge in [-0.1, -0.05) is 59.4 Å². The molecule has 22 heavy (non-hydrogen) atoms. The molecule has 0 heteroatoms. The lowest BCUT2D eigenvalue weighted by atomic mass is 9.82. The highest BCUT2D eigenvalue weighted by Gasteiger charge is 2.27. The van der Waals surface area contributed by atoms with Crippen LogP contribution in [0.25, 0.3) is 11.1 Å². The van der Waals surface area contributed by atoms with Crippen LogP contribution in [-0.2, 0) is 32.1 Å². The van der Waals surface area contributed by atoms with Crippen LogP contribution >= 0.6 is 0 Å². The topological polar surface area (TPSA) is 0 Å². The molecule has 0 nitrogen and oxygen atoms in total. The summed E-state index contributed by atoms with van der Waals surface area (Å²) in [7, 11) is 0. The Labute approximate surface area is 136 Å². The number of benzene rings is 2. The molecule has 0 saturated heterocycles. The molecule has 0 aromatic heterocycles. The molecule has 0 radical (unpaired) electrons. The largest absolute Gasteiger partial charge is 0.0776 e. The Balaban J connectivity index is 0.00000176. The van der Waals surface area contributed by atoms with Crippen molar-refractivity contribution in [2.24, 2.45) is 0 Å². The zero-order valence-electron chi connectivity index (χ0n) is 13.8. The molecule has 1 aliphatic rings. The molecule has 3 rings (SSSR count). The maximum Gasteiger partial charge on any atom is -0.00105 e. The van der Waals surface area contributed by atoms with Gasteiger partial charge >= 0.3 is 0 Å². The molecule has 2 aromatic rings. The molecule has 0 fully saturated rings. The number of hydrogen-bond acceptors (Lipinski definition) is 0. The lowest BCUT2D eigenvalue weighted by Gasteiger charge is -2.22. The Hall–Kier alpha value is -1.56. The fourth-order valence-corrected chi connectivity index (χ4v) is 4.33. The normalized spacial score (nSPS) is 11.8. The van der Waals surface area contributed by atoms with Crippen LogP contribution in [-0.4, -0.2) is 0 Å². The summed E-state index contributed by atoms with van der Waals surface area (Å²) in [6.45, 7) is 9.28. The molecule has 0 bridgehead atoms. The van der Waals surface area contributed by atoms with Crippen molar-refractivity contribution in [3.8, 4) is 11.1 Å². The molecule has 2 aromatic carbocycles. The van der Waals surface area contributed by atoms with Crippen LogP contribution in [0, 0.1) is 0 Å². The first-order valence-electron chi connectivity index (χ1n) is 8.53. The van der Waals surface area contributed by atoms with Gasteiger partial charge in [0.15, 0.2) is 0 Å². The van der Waals surface area contributed by atoms with Crippen molar-refractivity contribution in [2.45, 2.75) is 67.2 Å². The molecule has 0 amide bonds. The van der Waals surface area contributed by atoms with E-state index < -0.39 is 0 Å². The van der Waals surface area contributed by atoms with Gasteiger partial charge in [0.2, 0.25) is 0 Å². The Morgan fingerprint density at radius 1 is 0.727 bits per heavy atom. The van der Waals surface area contributed by atoms with E-state index in [1.54, 1.807) is 33.4 Å². The first-order valence-corrected chi connectivity index (χ1v) is 8.53. The van der Waals surface area contributed by atoms with Crippen molar-refractivity contribution < 1.29 is 0 Å². The van der Waals surface area contributed by atoms with E-state index in [-0.39, 0.29) is 7.43 Å². The van der Waals surface area contributed by atoms with Crippen LogP contribution in [0.5, 0.6) is 0 Å². The van der Waals surface area contributed by atoms with Crippen LogP contribution in [0.1, 0.15) is 68.5 Å². The van der Waals surface area contributed by atoms with Crippen molar-refractivity contribution in [3.63, 3.8) is 0 Å². The standard InChI is InChI=1S/C21H26.CH4/c1-5-15-16(6-2)18(8-4)21-19-12-10-9-11-14(19)13-20(21)17(15)7-3;/h9-12H,5-8,13H2,1-4H3;1H4. The van der Waals surface area contributed by atoms with Crippen LogP contribution in [0.3, 0.4) is 0 Å². The minimum Gasteiger partial charge on any atom is -0.0776 e. The summed E-state index contributed by atoms with van der Waals surface area (Å²) in [5.74, 6) is 0. The summed E-state index contributed by atoms with van der Waals surface area (Å²) in [4.78, 5) is 0. The first-order chi connectivity index (χ1) is 10.3. The van der Waals surface area contributed by atoms with E-state index in [4.69, 9.17) is 0 Å². The van der Waals surface area contributed by atoms with Crippen molar-refractivity contribution in [2.75, 3.05) is 0 Å². The third kappa shape index (κ3) is 2.29. The molecule has 0 unspecified atom stereocenters. The van der Waals surface area contributed by atoms with Crippen molar-refractivity contribution in [1.82, 2.24) is 0 Å². The minimum atomic E-state index is 0. The SMILES string of the molecule is C.CCc1c(CC)c(CC)c2c(c1CC)Cc1ccccc1-2. The highest BCUT2D eigenvalue weighted by atomic mass is 14.3. The zero-order valence-corrected chi connectivity index (χ0v) is 13.8. The van der Waals surface area contributed by atoms with E-state index in [2.05, 4.69) is 52.0 Å². The molecule has 0 heterocycles. The predicted octanol–water partition coefficient (Wildman–Crippen LogP) is 6.14. The van der Waals surface area contributed by atoms with Crippen LogP contribution in [0.4, 0.5) is 0 Å². The smallest absolute Gasteiger partial charge is 0.00105 e. The number of fused-ring (bicyclic) bond motifs is 3. The molecule has 0 spiro atoms. The van der Waals surface area contributed by atoms with Crippen LogP contribution < -0.4 is 0 Å². The van der Waals surface area contributed by atoms with Crippen LogP contribution in [0.2, 0.25) is 0 Å². The molecule has 118 valence electrons. The van der Waals surface area contributed by atoms with Gasteiger partial charge in [-0.05, 0) is 76.6 Å². The maximum absolute atomic E-state index is 2.32. The van der Waals surface area contributed by atoms with Gasteiger partial charge in [-0.3, -0.25) is 0 Å². The third-order valence-electron chi connectivity index (χ3n) is 5.13. The third-order valence-corrected chi connectivity index (χ3v) is 5.13. The molecule has 0 saturated carbocycles. The second-order valence-corrected chi connectivity index (χ2v) is 6.02. The van der Waals surface area contributed by atoms with Gasteiger partial charge in [-0.2, -0.15) is 0 Å². The van der Waals surface area contributed by atoms with Gasteiger partial charge < -0.3 is 0 Å². The summed E-state index contributed by atoms with van der Waals surface area (Å²) in [6.07, 6.45) is 5.78. The fourth-order valence-electron chi connectivity index (χ4n) is 4.33. The average Bonchev–Trinajstić information content (AvgIpc) is 2.91.